The summed E-state index contributed by atoms with van der Waals surface area (Å²) in [6, 6.07) is 7.59. The highest BCUT2D eigenvalue weighted by Gasteiger charge is 2.21. The van der Waals surface area contributed by atoms with E-state index in [1.54, 1.807) is 6.92 Å². The Morgan fingerprint density at radius 1 is 1.20 bits per heavy atom. The normalized spacial score (nSPS) is 15.8. The number of rotatable bonds is 2. The number of anilines is 1. The van der Waals surface area contributed by atoms with Crippen LogP contribution in [-0.4, -0.2) is 36.0 Å². The Bertz CT molecular complexity index is 482. The maximum absolute atomic E-state index is 11.9. The van der Waals surface area contributed by atoms with Gasteiger partial charge in [-0.3, -0.25) is 4.79 Å². The number of halogens is 1. The number of carbonyl (C=O) groups is 2. The van der Waals surface area contributed by atoms with Gasteiger partial charge in [-0.1, -0.05) is 0 Å². The molecule has 3 amide bonds. The maximum atomic E-state index is 11.9. The number of amides is 3. The van der Waals surface area contributed by atoms with Gasteiger partial charge in [-0.25, -0.2) is 4.79 Å². The summed E-state index contributed by atoms with van der Waals surface area (Å²) < 4.78 is 1.13. The van der Waals surface area contributed by atoms with Gasteiger partial charge < -0.3 is 15.5 Å². The summed E-state index contributed by atoms with van der Waals surface area (Å²) in [7, 11) is 0. The Morgan fingerprint density at radius 2 is 1.80 bits per heavy atom. The summed E-state index contributed by atoms with van der Waals surface area (Å²) in [5.41, 5.74) is 0.782. The molecule has 1 fully saturated rings. The molecule has 6 heteroatoms. The van der Waals surface area contributed by atoms with Crippen molar-refractivity contribution < 1.29 is 9.59 Å². The Kier molecular flexibility index (Phi) is 5.22. The zero-order chi connectivity index (χ0) is 14.5. The summed E-state index contributed by atoms with van der Waals surface area (Å²) in [4.78, 5) is 24.9. The van der Waals surface area contributed by atoms with Gasteiger partial charge in [0.2, 0.25) is 5.91 Å². The molecular weight excluding hydrogens is 369 g/mol. The van der Waals surface area contributed by atoms with Crippen LogP contribution in [0.3, 0.4) is 0 Å². The highest BCUT2D eigenvalue weighted by atomic mass is 127. The van der Waals surface area contributed by atoms with Crippen LogP contribution in [0.1, 0.15) is 19.8 Å². The van der Waals surface area contributed by atoms with Crippen molar-refractivity contribution in [3.63, 3.8) is 0 Å². The van der Waals surface area contributed by atoms with Crippen LogP contribution in [0.25, 0.3) is 0 Å². The first kappa shape index (κ1) is 15.1. The molecule has 1 aliphatic rings. The van der Waals surface area contributed by atoms with Crippen LogP contribution in [0.5, 0.6) is 0 Å². The molecule has 1 aliphatic heterocycles. The molecule has 0 bridgehead atoms. The van der Waals surface area contributed by atoms with Crippen LogP contribution in [-0.2, 0) is 4.79 Å². The lowest BCUT2D eigenvalue weighted by molar-refractivity contribution is -0.129. The minimum atomic E-state index is -0.188. The average Bonchev–Trinajstić information content (AvgIpc) is 2.42. The van der Waals surface area contributed by atoms with Crippen molar-refractivity contribution in [3.05, 3.63) is 27.8 Å². The minimum absolute atomic E-state index is 0.104. The number of hydrogen-bond donors (Lipinski definition) is 2. The van der Waals surface area contributed by atoms with E-state index in [0.29, 0.717) is 13.1 Å². The molecule has 0 unspecified atom stereocenters. The number of nitrogens with zero attached hydrogens (tertiary/aromatic N) is 1. The number of piperidine rings is 1. The van der Waals surface area contributed by atoms with Crippen molar-refractivity contribution in [2.45, 2.75) is 25.8 Å². The van der Waals surface area contributed by atoms with Gasteiger partial charge in [-0.2, -0.15) is 0 Å². The summed E-state index contributed by atoms with van der Waals surface area (Å²) in [5.74, 6) is 0.104. The molecule has 20 heavy (non-hydrogen) atoms. The first-order chi connectivity index (χ1) is 9.54. The van der Waals surface area contributed by atoms with Crippen LogP contribution in [0, 0.1) is 3.57 Å². The van der Waals surface area contributed by atoms with E-state index in [1.165, 1.54) is 0 Å². The highest BCUT2D eigenvalue weighted by molar-refractivity contribution is 14.1. The Morgan fingerprint density at radius 3 is 2.35 bits per heavy atom. The molecule has 1 aromatic carbocycles. The predicted molar refractivity (Wildman–Crippen MR) is 86.6 cm³/mol. The fourth-order valence-electron chi connectivity index (χ4n) is 2.22. The molecule has 1 saturated heterocycles. The minimum Gasteiger partial charge on any atom is -0.343 e. The van der Waals surface area contributed by atoms with Gasteiger partial charge in [0.15, 0.2) is 0 Å². The molecule has 108 valence electrons. The van der Waals surface area contributed by atoms with Crippen molar-refractivity contribution in [3.8, 4) is 0 Å². The summed E-state index contributed by atoms with van der Waals surface area (Å²) in [6.45, 7) is 3.00. The fraction of sp³-hybridized carbons (Fsp3) is 0.429. The molecular formula is C14H18IN3O2. The number of nitrogens with one attached hydrogen (secondary N) is 2. The van der Waals surface area contributed by atoms with Crippen LogP contribution >= 0.6 is 22.6 Å². The van der Waals surface area contributed by atoms with Gasteiger partial charge in [0, 0.05) is 35.3 Å². The average molecular weight is 387 g/mol. The third kappa shape index (κ3) is 4.36. The van der Waals surface area contributed by atoms with Gasteiger partial charge in [0.1, 0.15) is 0 Å². The molecule has 0 aromatic heterocycles. The Hall–Kier alpha value is -1.31. The summed E-state index contributed by atoms with van der Waals surface area (Å²) in [6.07, 6.45) is 1.61. The Labute approximate surface area is 132 Å². The second-order valence-electron chi connectivity index (χ2n) is 4.89. The van der Waals surface area contributed by atoms with Crippen molar-refractivity contribution in [1.29, 1.82) is 0 Å². The second-order valence-corrected chi connectivity index (χ2v) is 6.13. The molecule has 0 radical (unpaired) electrons. The van der Waals surface area contributed by atoms with Crippen LogP contribution < -0.4 is 10.6 Å². The molecule has 5 nitrogen and oxygen atoms in total. The van der Waals surface area contributed by atoms with Gasteiger partial charge in [0.05, 0.1) is 0 Å². The van der Waals surface area contributed by atoms with E-state index < -0.39 is 0 Å². The first-order valence-electron chi connectivity index (χ1n) is 6.63. The van der Waals surface area contributed by atoms with Gasteiger partial charge in [-0.05, 0) is 59.7 Å². The monoisotopic (exact) mass is 387 g/mol. The molecule has 1 heterocycles. The SMILES string of the molecule is CC(=O)N1CCC(NC(=O)Nc2ccc(I)cc2)CC1. The smallest absolute Gasteiger partial charge is 0.319 e. The quantitative estimate of drug-likeness (QED) is 0.766. The van der Waals surface area contributed by atoms with E-state index >= 15 is 0 Å². The molecule has 2 rings (SSSR count). The molecule has 0 atom stereocenters. The van der Waals surface area contributed by atoms with E-state index in [1.807, 2.05) is 29.2 Å². The summed E-state index contributed by atoms with van der Waals surface area (Å²) in [5, 5.41) is 5.77. The second kappa shape index (κ2) is 6.92. The van der Waals surface area contributed by atoms with Crippen LogP contribution in [0.15, 0.2) is 24.3 Å². The maximum Gasteiger partial charge on any atom is 0.319 e. The third-order valence-corrected chi connectivity index (χ3v) is 4.10. The fourth-order valence-corrected chi connectivity index (χ4v) is 2.58. The Balaban J connectivity index is 1.78. The number of urea groups is 1. The zero-order valence-corrected chi connectivity index (χ0v) is 13.5. The number of carbonyl (C=O) groups excluding carboxylic acids is 2. The molecule has 2 N–H and O–H groups in total. The van der Waals surface area contributed by atoms with E-state index in [2.05, 4.69) is 33.2 Å². The first-order valence-corrected chi connectivity index (χ1v) is 7.71. The van der Waals surface area contributed by atoms with Crippen LogP contribution in [0.2, 0.25) is 0 Å². The predicted octanol–water partition coefficient (Wildman–Crippen LogP) is 2.42. The van der Waals surface area contributed by atoms with Crippen molar-refractivity contribution >= 4 is 40.2 Å². The van der Waals surface area contributed by atoms with Crippen molar-refractivity contribution in [1.82, 2.24) is 10.2 Å². The molecule has 1 aromatic rings. The number of benzene rings is 1. The largest absolute Gasteiger partial charge is 0.343 e. The topological polar surface area (TPSA) is 61.4 Å². The third-order valence-electron chi connectivity index (χ3n) is 3.38. The lowest BCUT2D eigenvalue weighted by atomic mass is 10.1. The zero-order valence-electron chi connectivity index (χ0n) is 11.4. The van der Waals surface area contributed by atoms with Crippen LogP contribution in [0.4, 0.5) is 10.5 Å². The molecule has 0 aliphatic carbocycles. The van der Waals surface area contributed by atoms with Crippen molar-refractivity contribution in [2.75, 3.05) is 18.4 Å². The number of likely N-dealkylation sites (tertiary alicyclic amines) is 1. The van der Waals surface area contributed by atoms with E-state index in [0.717, 1.165) is 22.1 Å². The van der Waals surface area contributed by atoms with Gasteiger partial charge >= 0.3 is 6.03 Å². The molecule has 0 spiro atoms. The van der Waals surface area contributed by atoms with Crippen molar-refractivity contribution in [2.24, 2.45) is 0 Å². The lowest BCUT2D eigenvalue weighted by Gasteiger charge is -2.31. The van der Waals surface area contributed by atoms with E-state index in [9.17, 15) is 9.59 Å². The number of hydrogen-bond acceptors (Lipinski definition) is 2. The molecule has 0 saturated carbocycles. The van der Waals surface area contributed by atoms with Gasteiger partial charge in [-0.15, -0.1) is 0 Å². The van der Waals surface area contributed by atoms with E-state index in [-0.39, 0.29) is 18.0 Å². The van der Waals surface area contributed by atoms with Gasteiger partial charge in [0.25, 0.3) is 0 Å². The highest BCUT2D eigenvalue weighted by Crippen LogP contribution is 2.13. The standard InChI is InChI=1S/C14H18IN3O2/c1-10(19)18-8-6-13(7-9-18)17-14(20)16-12-4-2-11(15)3-5-12/h2-5,13H,6-9H2,1H3,(H2,16,17,20). The van der Waals surface area contributed by atoms with E-state index in [4.69, 9.17) is 0 Å². The summed E-state index contributed by atoms with van der Waals surface area (Å²) >= 11 is 2.22. The lowest BCUT2D eigenvalue weighted by Crippen LogP contribution is -2.47.